The third-order valence-electron chi connectivity index (χ3n) is 8.62. The molecular formula is C36H31F2N5O6S. The van der Waals surface area contributed by atoms with Gasteiger partial charge in [0.1, 0.15) is 23.2 Å². The fraction of sp³-hybridized carbons (Fsp3) is 0.194. The van der Waals surface area contributed by atoms with Crippen molar-refractivity contribution in [3.8, 4) is 11.4 Å². The lowest BCUT2D eigenvalue weighted by molar-refractivity contribution is -0.121. The molecule has 0 aliphatic carbocycles. The lowest BCUT2D eigenvalue weighted by Crippen LogP contribution is -2.40. The first-order valence-corrected chi connectivity index (χ1v) is 17.2. The van der Waals surface area contributed by atoms with E-state index in [0.717, 1.165) is 18.2 Å². The summed E-state index contributed by atoms with van der Waals surface area (Å²) in [6.07, 6.45) is 1.37. The number of phenols is 1. The second-order valence-electron chi connectivity index (χ2n) is 12.0. The van der Waals surface area contributed by atoms with Gasteiger partial charge in [0.15, 0.2) is 0 Å². The van der Waals surface area contributed by atoms with Gasteiger partial charge in [0.2, 0.25) is 15.9 Å². The summed E-state index contributed by atoms with van der Waals surface area (Å²) in [6.45, 7) is 0.988. The minimum absolute atomic E-state index is 0.0244. The molecule has 3 heterocycles. The molecule has 2 aromatic heterocycles. The highest BCUT2D eigenvalue weighted by Crippen LogP contribution is 2.27. The third kappa shape index (κ3) is 6.60. The third-order valence-corrected chi connectivity index (χ3v) is 10.5. The molecule has 256 valence electrons. The van der Waals surface area contributed by atoms with E-state index in [2.05, 4.69) is 10.3 Å². The summed E-state index contributed by atoms with van der Waals surface area (Å²) >= 11 is 0. The molecule has 6 aromatic rings. The quantitative estimate of drug-likeness (QED) is 0.201. The van der Waals surface area contributed by atoms with Crippen LogP contribution < -0.4 is 10.9 Å². The fourth-order valence-corrected chi connectivity index (χ4v) is 7.65. The maximum atomic E-state index is 14.4. The molecule has 1 aliphatic rings. The Bertz CT molecular complexity index is 2390. The number of carbonyl (C=O) groups excluding carboxylic acids is 1. The summed E-state index contributed by atoms with van der Waals surface area (Å²) in [7, 11) is -3.84. The van der Waals surface area contributed by atoms with Crippen molar-refractivity contribution in [3.05, 3.63) is 130 Å². The topological polar surface area (TPSA) is 147 Å². The largest absolute Gasteiger partial charge is 0.508 e. The Morgan fingerprint density at radius 1 is 0.960 bits per heavy atom. The molecule has 50 heavy (non-hydrogen) atoms. The number of fused-ring (bicyclic) bond motifs is 2. The van der Waals surface area contributed by atoms with Gasteiger partial charge < -0.3 is 20.1 Å². The van der Waals surface area contributed by atoms with Crippen LogP contribution >= 0.6 is 0 Å². The number of amides is 1. The average molecular weight is 700 g/mol. The molecule has 1 fully saturated rings. The second-order valence-corrected chi connectivity index (χ2v) is 13.9. The number of nitrogens with one attached hydrogen (secondary N) is 2. The van der Waals surface area contributed by atoms with Crippen LogP contribution in [0.25, 0.3) is 27.5 Å². The zero-order valence-electron chi connectivity index (χ0n) is 26.5. The predicted octanol–water partition coefficient (Wildman–Crippen LogP) is 4.51. The summed E-state index contributed by atoms with van der Waals surface area (Å²) in [5.74, 6) is -2.03. The molecular weight excluding hydrogens is 668 g/mol. The molecule has 4 aromatic carbocycles. The van der Waals surface area contributed by atoms with Gasteiger partial charge in [-0.05, 0) is 77.9 Å². The van der Waals surface area contributed by atoms with Crippen molar-refractivity contribution in [2.75, 3.05) is 26.3 Å². The summed E-state index contributed by atoms with van der Waals surface area (Å²) in [5.41, 5.74) is 1.59. The van der Waals surface area contributed by atoms with Crippen LogP contribution in [-0.4, -0.2) is 64.6 Å². The number of aromatic amines is 1. The van der Waals surface area contributed by atoms with Gasteiger partial charge in [-0.15, -0.1) is 0 Å². The van der Waals surface area contributed by atoms with Crippen molar-refractivity contribution in [3.63, 3.8) is 0 Å². The van der Waals surface area contributed by atoms with Gasteiger partial charge in [0.25, 0.3) is 5.56 Å². The monoisotopic (exact) mass is 699 g/mol. The van der Waals surface area contributed by atoms with Crippen molar-refractivity contribution >= 4 is 37.7 Å². The molecule has 1 aliphatic heterocycles. The SMILES string of the molecule is O=C(Cc1c[nH]c2ccc(O)cc12)N[C@@H](Cc1cc(F)cc(F)c1)c1nc2ccccc2c(=O)n1-c1ccc(S(=O)(=O)N2CCOCC2)cc1. The lowest BCUT2D eigenvalue weighted by atomic mass is 10.0. The summed E-state index contributed by atoms with van der Waals surface area (Å²) in [4.78, 5) is 35.8. The highest BCUT2D eigenvalue weighted by Gasteiger charge is 2.28. The number of carbonyl (C=O) groups is 1. The van der Waals surface area contributed by atoms with E-state index >= 15 is 0 Å². The number of hydrogen-bond donors (Lipinski definition) is 3. The number of hydrogen-bond acceptors (Lipinski definition) is 7. The van der Waals surface area contributed by atoms with E-state index in [1.807, 2.05) is 0 Å². The molecule has 0 bridgehead atoms. The van der Waals surface area contributed by atoms with Crippen molar-refractivity contribution in [2.24, 2.45) is 0 Å². The highest BCUT2D eigenvalue weighted by molar-refractivity contribution is 7.89. The Hall–Kier alpha value is -5.44. The average Bonchev–Trinajstić information content (AvgIpc) is 3.49. The lowest BCUT2D eigenvalue weighted by Gasteiger charge is -2.26. The molecule has 14 heteroatoms. The van der Waals surface area contributed by atoms with Crippen LogP contribution in [0.15, 0.2) is 101 Å². The predicted molar refractivity (Wildman–Crippen MR) is 182 cm³/mol. The molecule has 11 nitrogen and oxygen atoms in total. The Labute approximate surface area is 284 Å². The number of morpholine rings is 1. The number of H-pyrrole nitrogens is 1. The Kier molecular flexibility index (Phi) is 8.90. The van der Waals surface area contributed by atoms with E-state index in [9.17, 15) is 31.9 Å². The van der Waals surface area contributed by atoms with Gasteiger partial charge in [0.05, 0.1) is 47.2 Å². The standard InChI is InChI=1S/C36H31F2N5O6S/c37-24-15-22(16-25(38)19-24)17-33(40-34(45)18-23-21-39-31-10-7-27(44)20-30(23)31)35-41-32-4-2-1-3-29(32)36(46)43(35)26-5-8-28(9-6-26)50(47,48)42-11-13-49-14-12-42/h1-10,15-16,19-21,33,39,44H,11-14,17-18H2,(H,40,45)/t33-/m0/s1. The van der Waals surface area contributed by atoms with Crippen LogP contribution in [0.1, 0.15) is 23.0 Å². The van der Waals surface area contributed by atoms with E-state index in [0.29, 0.717) is 22.0 Å². The molecule has 0 unspecified atom stereocenters. The Morgan fingerprint density at radius 3 is 2.42 bits per heavy atom. The first-order chi connectivity index (χ1) is 24.1. The molecule has 3 N–H and O–H groups in total. The number of rotatable bonds is 9. The first-order valence-electron chi connectivity index (χ1n) is 15.8. The Balaban J connectivity index is 1.32. The fourth-order valence-electron chi connectivity index (χ4n) is 6.24. The minimum Gasteiger partial charge on any atom is -0.508 e. The summed E-state index contributed by atoms with van der Waals surface area (Å²) < 4.78 is 63.3. The van der Waals surface area contributed by atoms with Crippen LogP contribution in [0.3, 0.4) is 0 Å². The number of para-hydroxylation sites is 1. The number of aromatic hydroxyl groups is 1. The van der Waals surface area contributed by atoms with Gasteiger partial charge in [-0.1, -0.05) is 12.1 Å². The number of halogens is 2. The molecule has 1 amide bonds. The smallest absolute Gasteiger partial charge is 0.266 e. The van der Waals surface area contributed by atoms with Gasteiger partial charge in [-0.2, -0.15) is 4.31 Å². The number of nitrogens with zero attached hydrogens (tertiary/aromatic N) is 3. The van der Waals surface area contributed by atoms with Gasteiger partial charge in [0, 0.05) is 42.7 Å². The number of benzene rings is 4. The van der Waals surface area contributed by atoms with E-state index in [-0.39, 0.29) is 72.3 Å². The van der Waals surface area contributed by atoms with E-state index in [4.69, 9.17) is 9.72 Å². The van der Waals surface area contributed by atoms with E-state index < -0.39 is 39.2 Å². The zero-order chi connectivity index (χ0) is 35.0. The molecule has 7 rings (SSSR count). The Morgan fingerprint density at radius 2 is 1.68 bits per heavy atom. The summed E-state index contributed by atoms with van der Waals surface area (Å²) in [6, 6.07) is 19.0. The van der Waals surface area contributed by atoms with Crippen molar-refractivity contribution in [1.82, 2.24) is 24.2 Å². The van der Waals surface area contributed by atoms with E-state index in [1.165, 1.54) is 45.3 Å². The van der Waals surface area contributed by atoms with Crippen LogP contribution in [-0.2, 0) is 32.4 Å². The van der Waals surface area contributed by atoms with Crippen LogP contribution in [0, 0.1) is 11.6 Å². The van der Waals surface area contributed by atoms with Crippen molar-refractivity contribution in [1.29, 1.82) is 0 Å². The number of sulfonamides is 1. The van der Waals surface area contributed by atoms with Crippen molar-refractivity contribution in [2.45, 2.75) is 23.8 Å². The highest BCUT2D eigenvalue weighted by atomic mass is 32.2. The first kappa shape index (κ1) is 33.1. The number of phenolic OH excluding ortho intramolecular Hbond substituents is 1. The van der Waals surface area contributed by atoms with Gasteiger partial charge >= 0.3 is 0 Å². The van der Waals surface area contributed by atoms with Gasteiger partial charge in [-0.3, -0.25) is 14.2 Å². The van der Waals surface area contributed by atoms with Crippen LogP contribution in [0.4, 0.5) is 8.78 Å². The van der Waals surface area contributed by atoms with Crippen molar-refractivity contribution < 1.29 is 31.8 Å². The maximum Gasteiger partial charge on any atom is 0.266 e. The second kappa shape index (κ2) is 13.5. The normalized spacial score (nSPS) is 14.6. The molecule has 0 radical (unpaired) electrons. The summed E-state index contributed by atoms with van der Waals surface area (Å²) in [5, 5.41) is 13.9. The minimum atomic E-state index is -3.84. The van der Waals surface area contributed by atoms with E-state index in [1.54, 1.807) is 36.5 Å². The molecule has 0 saturated carbocycles. The van der Waals surface area contributed by atoms with Crippen LogP contribution in [0.2, 0.25) is 0 Å². The maximum absolute atomic E-state index is 14.4. The van der Waals surface area contributed by atoms with Gasteiger partial charge in [-0.25, -0.2) is 22.2 Å². The molecule has 0 spiro atoms. The van der Waals surface area contributed by atoms with Crippen LogP contribution in [0.5, 0.6) is 5.75 Å². The zero-order valence-corrected chi connectivity index (χ0v) is 27.3. The molecule has 1 saturated heterocycles. The number of aromatic nitrogens is 3. The molecule has 1 atom stereocenters. The number of ether oxygens (including phenoxy) is 1.